The van der Waals surface area contributed by atoms with Gasteiger partial charge < -0.3 is 14.0 Å². The summed E-state index contributed by atoms with van der Waals surface area (Å²) < 4.78 is 23.4. The van der Waals surface area contributed by atoms with Crippen LogP contribution in [0.2, 0.25) is 0 Å². The standard InChI is InChI=1S/C19H31O4P/c1-3-5-9-13-22-15-16-24(21)18-12-8-7-11-17(18)19(20)23-14-10-6-4-2/h7-8,11-12,24H,3-6,9-10,13-16H2,1-2H3. The van der Waals surface area contributed by atoms with Crippen LogP contribution in [0.4, 0.5) is 0 Å². The van der Waals surface area contributed by atoms with Crippen LogP contribution in [0.3, 0.4) is 0 Å². The van der Waals surface area contributed by atoms with E-state index in [9.17, 15) is 9.36 Å². The molecule has 0 heterocycles. The van der Waals surface area contributed by atoms with Crippen LogP contribution in [-0.2, 0) is 14.0 Å². The third-order valence-corrected chi connectivity index (χ3v) is 5.49. The van der Waals surface area contributed by atoms with Crippen molar-refractivity contribution in [2.75, 3.05) is 26.0 Å². The third-order valence-electron chi connectivity index (χ3n) is 3.79. The molecular formula is C19H31O4P. The number of hydrogen-bond acceptors (Lipinski definition) is 4. The number of esters is 1. The predicted molar refractivity (Wildman–Crippen MR) is 100 cm³/mol. The topological polar surface area (TPSA) is 52.6 Å². The molecule has 0 aliphatic rings. The highest BCUT2D eigenvalue weighted by atomic mass is 31.1. The molecule has 1 atom stereocenters. The third kappa shape index (κ3) is 8.12. The van der Waals surface area contributed by atoms with Crippen LogP contribution in [0.5, 0.6) is 0 Å². The van der Waals surface area contributed by atoms with Crippen molar-refractivity contribution in [3.8, 4) is 0 Å². The second-order valence-corrected chi connectivity index (χ2v) is 7.77. The number of rotatable bonds is 13. The van der Waals surface area contributed by atoms with E-state index in [2.05, 4.69) is 13.8 Å². The lowest BCUT2D eigenvalue weighted by atomic mass is 10.2. The average Bonchev–Trinajstić information content (AvgIpc) is 2.61. The number of unbranched alkanes of at least 4 members (excludes halogenated alkanes) is 4. The van der Waals surface area contributed by atoms with E-state index in [1.54, 1.807) is 18.2 Å². The normalized spacial score (nSPS) is 12.1. The lowest BCUT2D eigenvalue weighted by Crippen LogP contribution is -2.17. The number of carbonyl (C=O) groups excluding carboxylic acids is 1. The van der Waals surface area contributed by atoms with Crippen molar-refractivity contribution in [1.82, 2.24) is 0 Å². The van der Waals surface area contributed by atoms with Crippen LogP contribution in [-0.4, -0.2) is 32.0 Å². The van der Waals surface area contributed by atoms with Gasteiger partial charge in [0.15, 0.2) is 0 Å². The second-order valence-electron chi connectivity index (χ2n) is 5.88. The van der Waals surface area contributed by atoms with Crippen molar-refractivity contribution in [3.63, 3.8) is 0 Å². The maximum Gasteiger partial charge on any atom is 0.338 e. The van der Waals surface area contributed by atoms with Gasteiger partial charge in [-0.2, -0.15) is 0 Å². The second kappa shape index (κ2) is 13.2. The highest BCUT2D eigenvalue weighted by molar-refractivity contribution is 7.53. The van der Waals surface area contributed by atoms with Crippen molar-refractivity contribution < 1.29 is 18.8 Å². The summed E-state index contributed by atoms with van der Waals surface area (Å²) in [4.78, 5) is 12.2. The Bertz CT molecular complexity index is 502. The van der Waals surface area contributed by atoms with E-state index in [-0.39, 0.29) is 5.97 Å². The largest absolute Gasteiger partial charge is 0.462 e. The maximum absolute atomic E-state index is 12.5. The molecule has 0 aliphatic heterocycles. The van der Waals surface area contributed by atoms with Gasteiger partial charge in [-0.25, -0.2) is 4.79 Å². The smallest absolute Gasteiger partial charge is 0.338 e. The lowest BCUT2D eigenvalue weighted by Gasteiger charge is -2.10. The van der Waals surface area contributed by atoms with Gasteiger partial charge in [0.1, 0.15) is 7.80 Å². The fourth-order valence-corrected chi connectivity index (χ4v) is 3.72. The molecular weight excluding hydrogens is 323 g/mol. The summed E-state index contributed by atoms with van der Waals surface area (Å²) in [7, 11) is -2.04. The van der Waals surface area contributed by atoms with Gasteiger partial charge in [0, 0.05) is 18.1 Å². The van der Waals surface area contributed by atoms with Gasteiger partial charge in [0.2, 0.25) is 0 Å². The van der Waals surface area contributed by atoms with Gasteiger partial charge in [-0.15, -0.1) is 0 Å². The fourth-order valence-electron chi connectivity index (χ4n) is 2.35. The highest BCUT2D eigenvalue weighted by Crippen LogP contribution is 2.22. The van der Waals surface area contributed by atoms with Crippen molar-refractivity contribution in [1.29, 1.82) is 0 Å². The first kappa shape index (κ1) is 20.9. The van der Waals surface area contributed by atoms with Gasteiger partial charge >= 0.3 is 5.97 Å². The van der Waals surface area contributed by atoms with Gasteiger partial charge in [0.25, 0.3) is 0 Å². The molecule has 1 aromatic carbocycles. The predicted octanol–water partition coefficient (Wildman–Crippen LogP) is 4.43. The molecule has 0 fully saturated rings. The molecule has 1 rings (SSSR count). The summed E-state index contributed by atoms with van der Waals surface area (Å²) in [6.07, 6.45) is 6.82. The molecule has 0 amide bonds. The van der Waals surface area contributed by atoms with Crippen LogP contribution < -0.4 is 5.30 Å². The molecule has 0 bridgehead atoms. The summed E-state index contributed by atoms with van der Waals surface area (Å²) in [5.74, 6) is -0.371. The first-order chi connectivity index (χ1) is 11.7. The van der Waals surface area contributed by atoms with Crippen LogP contribution in [0, 0.1) is 0 Å². The Morgan fingerprint density at radius 1 is 0.958 bits per heavy atom. The Labute approximate surface area is 146 Å². The molecule has 1 unspecified atom stereocenters. The lowest BCUT2D eigenvalue weighted by molar-refractivity contribution is 0.0499. The van der Waals surface area contributed by atoms with Crippen molar-refractivity contribution in [2.45, 2.75) is 52.4 Å². The van der Waals surface area contributed by atoms with Gasteiger partial charge in [0.05, 0.1) is 18.8 Å². The Morgan fingerprint density at radius 2 is 1.62 bits per heavy atom. The zero-order valence-electron chi connectivity index (χ0n) is 15.0. The minimum absolute atomic E-state index is 0.371. The Morgan fingerprint density at radius 3 is 2.33 bits per heavy atom. The number of benzene rings is 1. The summed E-state index contributed by atoms with van der Waals surface area (Å²) in [6, 6.07) is 7.06. The molecule has 24 heavy (non-hydrogen) atoms. The highest BCUT2D eigenvalue weighted by Gasteiger charge is 2.16. The molecule has 0 aromatic heterocycles. The first-order valence-corrected chi connectivity index (χ1v) is 10.7. The van der Waals surface area contributed by atoms with Crippen molar-refractivity contribution in [2.24, 2.45) is 0 Å². The van der Waals surface area contributed by atoms with Crippen LogP contribution in [0.25, 0.3) is 0 Å². The van der Waals surface area contributed by atoms with Crippen LogP contribution >= 0.6 is 7.80 Å². The monoisotopic (exact) mass is 354 g/mol. The molecule has 0 N–H and O–H groups in total. The average molecular weight is 354 g/mol. The Hall–Kier alpha value is -1.12. The number of hydrogen-bond donors (Lipinski definition) is 0. The zero-order valence-corrected chi connectivity index (χ0v) is 16.0. The Balaban J connectivity index is 2.49. The van der Waals surface area contributed by atoms with E-state index >= 15 is 0 Å². The molecule has 0 saturated carbocycles. The van der Waals surface area contributed by atoms with Crippen LogP contribution in [0.1, 0.15) is 62.7 Å². The van der Waals surface area contributed by atoms with Crippen LogP contribution in [0.15, 0.2) is 24.3 Å². The van der Waals surface area contributed by atoms with Gasteiger partial charge in [-0.05, 0) is 18.9 Å². The molecule has 0 radical (unpaired) electrons. The molecule has 136 valence electrons. The minimum atomic E-state index is -2.04. The maximum atomic E-state index is 12.5. The molecule has 0 saturated heterocycles. The van der Waals surface area contributed by atoms with Crippen molar-refractivity contribution in [3.05, 3.63) is 29.8 Å². The van der Waals surface area contributed by atoms with Gasteiger partial charge in [-0.3, -0.25) is 0 Å². The Kier molecular flexibility index (Phi) is 11.5. The SMILES string of the molecule is CCCCCOCC[PH](=O)c1ccccc1C(=O)OCCCCC. The van der Waals surface area contributed by atoms with E-state index in [4.69, 9.17) is 9.47 Å². The number of ether oxygens (including phenoxy) is 2. The summed E-state index contributed by atoms with van der Waals surface area (Å²) in [5.41, 5.74) is 0.434. The summed E-state index contributed by atoms with van der Waals surface area (Å²) in [5, 5.41) is 0.611. The molecule has 5 heteroatoms. The zero-order chi connectivity index (χ0) is 17.6. The fraction of sp³-hybridized carbons (Fsp3) is 0.632. The van der Waals surface area contributed by atoms with E-state index < -0.39 is 7.80 Å². The molecule has 0 spiro atoms. The van der Waals surface area contributed by atoms with Crippen molar-refractivity contribution >= 4 is 19.1 Å². The number of carbonyl (C=O) groups is 1. The van der Waals surface area contributed by atoms with E-state index in [0.717, 1.165) is 38.5 Å². The summed E-state index contributed by atoms with van der Waals surface area (Å²) in [6.45, 7) is 5.86. The molecule has 0 aliphatic carbocycles. The van der Waals surface area contributed by atoms with E-state index in [1.807, 2.05) is 6.07 Å². The molecule has 4 nitrogen and oxygen atoms in total. The van der Waals surface area contributed by atoms with Gasteiger partial charge in [-0.1, -0.05) is 57.7 Å². The van der Waals surface area contributed by atoms with E-state index in [0.29, 0.717) is 36.9 Å². The minimum Gasteiger partial charge on any atom is -0.462 e. The first-order valence-electron chi connectivity index (χ1n) is 9.07. The molecule has 1 aromatic rings. The summed E-state index contributed by atoms with van der Waals surface area (Å²) >= 11 is 0. The van der Waals surface area contributed by atoms with E-state index in [1.165, 1.54) is 0 Å². The quantitative estimate of drug-likeness (QED) is 0.299.